The lowest BCUT2D eigenvalue weighted by atomic mass is 10.1. The Balaban J connectivity index is 0.000000246. The van der Waals surface area contributed by atoms with E-state index in [0.29, 0.717) is 18.6 Å². The lowest BCUT2D eigenvalue weighted by molar-refractivity contribution is -0.138. The minimum absolute atomic E-state index is 0.228. The fourth-order valence-electron chi connectivity index (χ4n) is 2.08. The SMILES string of the molecule is C1COCCN1.Cc1ccc(OC2CCC(=O)NC2=O)cc1. The van der Waals surface area contributed by atoms with Crippen molar-refractivity contribution in [1.29, 1.82) is 0 Å². The van der Waals surface area contributed by atoms with Gasteiger partial charge < -0.3 is 14.8 Å². The molecule has 2 saturated heterocycles. The van der Waals surface area contributed by atoms with Crippen molar-refractivity contribution in [2.75, 3.05) is 26.3 Å². The smallest absolute Gasteiger partial charge is 0.267 e. The van der Waals surface area contributed by atoms with Crippen molar-refractivity contribution in [1.82, 2.24) is 10.6 Å². The molecule has 1 aromatic rings. The van der Waals surface area contributed by atoms with Gasteiger partial charge in [0.05, 0.1) is 13.2 Å². The topological polar surface area (TPSA) is 76.7 Å². The minimum atomic E-state index is -0.555. The van der Waals surface area contributed by atoms with Crippen LogP contribution in [0, 0.1) is 6.92 Å². The lowest BCUT2D eigenvalue weighted by Gasteiger charge is -2.21. The lowest BCUT2D eigenvalue weighted by Crippen LogP contribution is -2.46. The summed E-state index contributed by atoms with van der Waals surface area (Å²) in [5, 5.41) is 5.42. The number of rotatable bonds is 2. The largest absolute Gasteiger partial charge is 0.481 e. The highest BCUT2D eigenvalue weighted by molar-refractivity contribution is 5.99. The van der Waals surface area contributed by atoms with Gasteiger partial charge in [0.2, 0.25) is 5.91 Å². The zero-order chi connectivity index (χ0) is 15.8. The van der Waals surface area contributed by atoms with Crippen LogP contribution < -0.4 is 15.4 Å². The molecule has 2 aliphatic heterocycles. The highest BCUT2D eigenvalue weighted by Gasteiger charge is 2.27. The number of aryl methyl sites for hydroxylation is 1. The first-order chi connectivity index (χ1) is 10.6. The van der Waals surface area contributed by atoms with E-state index in [1.54, 1.807) is 0 Å². The third-order valence-electron chi connectivity index (χ3n) is 3.33. The highest BCUT2D eigenvalue weighted by atomic mass is 16.5. The molecule has 1 aromatic carbocycles. The summed E-state index contributed by atoms with van der Waals surface area (Å²) in [5.74, 6) is 0.0747. The van der Waals surface area contributed by atoms with Crippen LogP contribution in [0.5, 0.6) is 5.75 Å². The number of amides is 2. The van der Waals surface area contributed by atoms with Gasteiger partial charge in [0, 0.05) is 25.9 Å². The molecule has 3 rings (SSSR count). The maximum atomic E-state index is 11.4. The van der Waals surface area contributed by atoms with E-state index >= 15 is 0 Å². The standard InChI is InChI=1S/C12H13NO3.C4H9NO/c1-8-2-4-9(5-3-8)16-10-6-7-11(14)13-12(10)15;1-3-6-4-2-5-1/h2-5,10H,6-7H2,1H3,(H,13,14,15);5H,1-4H2. The number of nitrogens with one attached hydrogen (secondary N) is 2. The third-order valence-corrected chi connectivity index (χ3v) is 3.33. The fraction of sp³-hybridized carbons (Fsp3) is 0.500. The summed E-state index contributed by atoms with van der Waals surface area (Å²) in [7, 11) is 0. The maximum Gasteiger partial charge on any atom is 0.267 e. The summed E-state index contributed by atoms with van der Waals surface area (Å²) >= 11 is 0. The van der Waals surface area contributed by atoms with Crippen LogP contribution in [0.4, 0.5) is 0 Å². The van der Waals surface area contributed by atoms with Gasteiger partial charge >= 0.3 is 0 Å². The van der Waals surface area contributed by atoms with Gasteiger partial charge in [-0.3, -0.25) is 14.9 Å². The molecule has 0 aromatic heterocycles. The Labute approximate surface area is 130 Å². The summed E-state index contributed by atoms with van der Waals surface area (Å²) < 4.78 is 10.5. The predicted molar refractivity (Wildman–Crippen MR) is 81.7 cm³/mol. The average Bonchev–Trinajstić information content (AvgIpc) is 2.54. The van der Waals surface area contributed by atoms with Crippen LogP contribution >= 0.6 is 0 Å². The number of piperidine rings is 1. The third kappa shape index (κ3) is 5.46. The molecule has 6 heteroatoms. The van der Waals surface area contributed by atoms with Crippen LogP contribution in [-0.2, 0) is 14.3 Å². The molecular formula is C16H22N2O4. The van der Waals surface area contributed by atoms with Crippen molar-refractivity contribution in [2.24, 2.45) is 0 Å². The molecule has 1 unspecified atom stereocenters. The van der Waals surface area contributed by atoms with Crippen LogP contribution in [0.1, 0.15) is 18.4 Å². The van der Waals surface area contributed by atoms with Crippen molar-refractivity contribution >= 4 is 11.8 Å². The van der Waals surface area contributed by atoms with E-state index in [1.165, 1.54) is 0 Å². The number of morpholine rings is 1. The molecule has 120 valence electrons. The molecule has 0 saturated carbocycles. The number of benzene rings is 1. The summed E-state index contributed by atoms with van der Waals surface area (Å²) in [6, 6.07) is 7.47. The molecule has 22 heavy (non-hydrogen) atoms. The van der Waals surface area contributed by atoms with E-state index in [4.69, 9.17) is 9.47 Å². The molecule has 0 aliphatic carbocycles. The van der Waals surface area contributed by atoms with Crippen LogP contribution in [0.15, 0.2) is 24.3 Å². The number of ether oxygens (including phenoxy) is 2. The van der Waals surface area contributed by atoms with E-state index in [2.05, 4.69) is 10.6 Å². The quantitative estimate of drug-likeness (QED) is 0.790. The zero-order valence-electron chi connectivity index (χ0n) is 12.8. The van der Waals surface area contributed by atoms with Gasteiger partial charge in [0.1, 0.15) is 5.75 Å². The Kier molecular flexibility index (Phi) is 6.36. The van der Waals surface area contributed by atoms with Gasteiger partial charge in [-0.05, 0) is 19.1 Å². The molecule has 2 fully saturated rings. The van der Waals surface area contributed by atoms with Crippen LogP contribution in [0.25, 0.3) is 0 Å². The van der Waals surface area contributed by atoms with Crippen LogP contribution in [0.3, 0.4) is 0 Å². The van der Waals surface area contributed by atoms with E-state index in [-0.39, 0.29) is 11.8 Å². The Morgan fingerprint density at radius 2 is 1.82 bits per heavy atom. The first-order valence-electron chi connectivity index (χ1n) is 7.50. The molecular weight excluding hydrogens is 284 g/mol. The molecule has 0 spiro atoms. The van der Waals surface area contributed by atoms with Crippen molar-refractivity contribution in [2.45, 2.75) is 25.9 Å². The van der Waals surface area contributed by atoms with Gasteiger partial charge in [-0.2, -0.15) is 0 Å². The van der Waals surface area contributed by atoms with Gasteiger partial charge in [-0.25, -0.2) is 0 Å². The first kappa shape index (κ1) is 16.5. The second kappa shape index (κ2) is 8.51. The normalized spacial score (nSPS) is 21.4. The first-order valence-corrected chi connectivity index (χ1v) is 7.50. The van der Waals surface area contributed by atoms with E-state index in [1.807, 2.05) is 31.2 Å². The summed E-state index contributed by atoms with van der Waals surface area (Å²) in [4.78, 5) is 22.3. The Morgan fingerprint density at radius 1 is 1.14 bits per heavy atom. The van der Waals surface area contributed by atoms with Crippen molar-refractivity contribution < 1.29 is 19.1 Å². The molecule has 1 atom stereocenters. The number of hydrogen-bond acceptors (Lipinski definition) is 5. The van der Waals surface area contributed by atoms with Gasteiger partial charge in [-0.1, -0.05) is 17.7 Å². The van der Waals surface area contributed by atoms with Gasteiger partial charge in [-0.15, -0.1) is 0 Å². The maximum absolute atomic E-state index is 11.4. The number of carbonyl (C=O) groups excluding carboxylic acids is 2. The molecule has 2 heterocycles. The predicted octanol–water partition coefficient (Wildman–Crippen LogP) is 0.785. The Bertz CT molecular complexity index is 486. The molecule has 0 bridgehead atoms. The van der Waals surface area contributed by atoms with E-state index in [9.17, 15) is 9.59 Å². The highest BCUT2D eigenvalue weighted by Crippen LogP contribution is 2.17. The van der Waals surface area contributed by atoms with Crippen LogP contribution in [-0.4, -0.2) is 44.2 Å². The summed E-state index contributed by atoms with van der Waals surface area (Å²) in [6.45, 7) is 5.82. The monoisotopic (exact) mass is 306 g/mol. The molecule has 6 nitrogen and oxygen atoms in total. The molecule has 0 radical (unpaired) electrons. The number of hydrogen-bond donors (Lipinski definition) is 2. The molecule has 2 N–H and O–H groups in total. The van der Waals surface area contributed by atoms with Crippen molar-refractivity contribution in [3.8, 4) is 5.75 Å². The van der Waals surface area contributed by atoms with E-state index < -0.39 is 6.10 Å². The second-order valence-corrected chi connectivity index (χ2v) is 5.23. The van der Waals surface area contributed by atoms with Crippen molar-refractivity contribution in [3.63, 3.8) is 0 Å². The van der Waals surface area contributed by atoms with Gasteiger partial charge in [0.15, 0.2) is 6.10 Å². The van der Waals surface area contributed by atoms with Crippen molar-refractivity contribution in [3.05, 3.63) is 29.8 Å². The molecule has 2 aliphatic rings. The number of imide groups is 1. The summed E-state index contributed by atoms with van der Waals surface area (Å²) in [5.41, 5.74) is 1.13. The zero-order valence-corrected chi connectivity index (χ0v) is 12.8. The minimum Gasteiger partial charge on any atom is -0.481 e. The number of carbonyl (C=O) groups is 2. The van der Waals surface area contributed by atoms with E-state index in [0.717, 1.165) is 31.9 Å². The second-order valence-electron chi connectivity index (χ2n) is 5.23. The van der Waals surface area contributed by atoms with Gasteiger partial charge in [0.25, 0.3) is 5.91 Å². The van der Waals surface area contributed by atoms with Crippen LogP contribution in [0.2, 0.25) is 0 Å². The molecule has 2 amide bonds. The Hall–Kier alpha value is -1.92. The average molecular weight is 306 g/mol. The fourth-order valence-corrected chi connectivity index (χ4v) is 2.08. The summed E-state index contributed by atoms with van der Waals surface area (Å²) in [6.07, 6.45) is 0.223. The Morgan fingerprint density at radius 3 is 2.32 bits per heavy atom.